The summed E-state index contributed by atoms with van der Waals surface area (Å²) in [7, 11) is 0. The van der Waals surface area contributed by atoms with E-state index in [0.717, 1.165) is 24.6 Å². The summed E-state index contributed by atoms with van der Waals surface area (Å²) in [5, 5.41) is 26.3. The Morgan fingerprint density at radius 2 is 2.24 bits per heavy atom. The predicted molar refractivity (Wildman–Crippen MR) is 61.7 cm³/mol. The number of aliphatic hydroxyl groups excluding tert-OH is 1. The number of aromatic nitrogens is 3. The van der Waals surface area contributed by atoms with Crippen LogP contribution in [-0.4, -0.2) is 36.7 Å². The highest BCUT2D eigenvalue weighted by Gasteiger charge is 2.31. The monoisotopic (exact) mass is 257 g/mol. The van der Waals surface area contributed by atoms with E-state index in [0.29, 0.717) is 22.9 Å². The van der Waals surface area contributed by atoms with Gasteiger partial charge < -0.3 is 14.8 Å². The van der Waals surface area contributed by atoms with Crippen LogP contribution in [0.4, 0.5) is 0 Å². The molecule has 1 aliphatic carbocycles. The Balaban J connectivity index is 2.14. The first-order valence-electron chi connectivity index (χ1n) is 5.51. The molecule has 1 saturated carbocycles. The molecule has 0 spiro atoms. The molecule has 6 nitrogen and oxygen atoms in total. The first-order chi connectivity index (χ1) is 8.11. The van der Waals surface area contributed by atoms with E-state index in [9.17, 15) is 9.90 Å². The molecule has 94 valence electrons. The summed E-state index contributed by atoms with van der Waals surface area (Å²) in [6, 6.07) is 0.304. The first-order valence-corrected chi connectivity index (χ1v) is 6.49. The zero-order chi connectivity index (χ0) is 12.4. The average Bonchev–Trinajstić information content (AvgIpc) is 2.64. The maximum Gasteiger partial charge on any atom is 0.313 e. The number of hydrogen-bond donors (Lipinski definition) is 2. The molecule has 1 fully saturated rings. The van der Waals surface area contributed by atoms with Gasteiger partial charge in [-0.1, -0.05) is 18.7 Å². The molecule has 1 heterocycles. The van der Waals surface area contributed by atoms with E-state index in [1.54, 1.807) is 0 Å². The van der Waals surface area contributed by atoms with Gasteiger partial charge in [-0.2, -0.15) is 0 Å². The Labute approximate surface area is 103 Å². The molecule has 1 aliphatic rings. The number of hydrogen-bond acceptors (Lipinski definition) is 5. The summed E-state index contributed by atoms with van der Waals surface area (Å²) < 4.78 is 1.88. The normalized spacial score (nSPS) is 23.4. The number of rotatable bonds is 5. The van der Waals surface area contributed by atoms with Gasteiger partial charge in [0.1, 0.15) is 6.61 Å². The van der Waals surface area contributed by atoms with Crippen molar-refractivity contribution in [2.24, 2.45) is 5.92 Å². The number of carbonyl (C=O) groups is 1. The van der Waals surface area contributed by atoms with Gasteiger partial charge in [-0.25, -0.2) is 0 Å². The quantitative estimate of drug-likeness (QED) is 0.762. The number of aliphatic carboxylic acids is 1. The van der Waals surface area contributed by atoms with Crippen LogP contribution in [0.2, 0.25) is 0 Å². The third-order valence-electron chi connectivity index (χ3n) is 2.92. The zero-order valence-corrected chi connectivity index (χ0v) is 10.4. The van der Waals surface area contributed by atoms with Crippen molar-refractivity contribution in [3.05, 3.63) is 5.82 Å². The van der Waals surface area contributed by atoms with Gasteiger partial charge in [-0.05, 0) is 18.8 Å². The number of aliphatic hydroxyl groups is 1. The lowest BCUT2D eigenvalue weighted by Gasteiger charge is -2.34. The number of thioether (sulfide) groups is 1. The van der Waals surface area contributed by atoms with Crippen LogP contribution < -0.4 is 0 Å². The second-order valence-corrected chi connectivity index (χ2v) is 5.28. The van der Waals surface area contributed by atoms with Crippen molar-refractivity contribution in [1.82, 2.24) is 14.8 Å². The Bertz CT molecular complexity index is 415. The molecular formula is C10H15N3O3S. The van der Waals surface area contributed by atoms with Crippen molar-refractivity contribution in [2.45, 2.75) is 37.6 Å². The molecule has 7 heteroatoms. The topological polar surface area (TPSA) is 88.2 Å². The number of carboxylic acid groups (broad SMARTS) is 1. The Morgan fingerprint density at radius 1 is 1.53 bits per heavy atom. The Morgan fingerprint density at radius 3 is 2.76 bits per heavy atom. The van der Waals surface area contributed by atoms with E-state index < -0.39 is 5.97 Å². The number of nitrogens with zero attached hydrogens (tertiary/aromatic N) is 3. The molecule has 0 aromatic carbocycles. The molecule has 0 atom stereocenters. The smallest absolute Gasteiger partial charge is 0.313 e. The van der Waals surface area contributed by atoms with E-state index in [2.05, 4.69) is 17.1 Å². The van der Waals surface area contributed by atoms with Crippen LogP contribution in [0.25, 0.3) is 0 Å². The molecule has 0 saturated heterocycles. The summed E-state index contributed by atoms with van der Waals surface area (Å²) in [5.41, 5.74) is 0. The minimum absolute atomic E-state index is 0.0359. The van der Waals surface area contributed by atoms with Crippen molar-refractivity contribution in [3.8, 4) is 0 Å². The van der Waals surface area contributed by atoms with Crippen LogP contribution >= 0.6 is 11.8 Å². The van der Waals surface area contributed by atoms with Gasteiger partial charge in [0.25, 0.3) is 0 Å². The number of carboxylic acids is 1. The van der Waals surface area contributed by atoms with Gasteiger partial charge in [0, 0.05) is 6.04 Å². The molecule has 0 unspecified atom stereocenters. The summed E-state index contributed by atoms with van der Waals surface area (Å²) in [5.74, 6) is 0.282. The molecule has 0 aliphatic heterocycles. The van der Waals surface area contributed by atoms with Gasteiger partial charge in [0.05, 0.1) is 5.75 Å². The maximum absolute atomic E-state index is 10.5. The summed E-state index contributed by atoms with van der Waals surface area (Å²) in [4.78, 5) is 10.5. The lowest BCUT2D eigenvalue weighted by molar-refractivity contribution is -0.133. The molecular weight excluding hydrogens is 242 g/mol. The molecule has 17 heavy (non-hydrogen) atoms. The van der Waals surface area contributed by atoms with Crippen LogP contribution in [0.3, 0.4) is 0 Å². The van der Waals surface area contributed by atoms with Crippen molar-refractivity contribution in [2.75, 3.05) is 5.75 Å². The highest BCUT2D eigenvalue weighted by molar-refractivity contribution is 7.99. The maximum atomic E-state index is 10.5. The van der Waals surface area contributed by atoms with Crippen molar-refractivity contribution >= 4 is 17.7 Å². The Kier molecular flexibility index (Phi) is 3.68. The van der Waals surface area contributed by atoms with Gasteiger partial charge in [0.15, 0.2) is 11.0 Å². The minimum Gasteiger partial charge on any atom is -0.481 e. The summed E-state index contributed by atoms with van der Waals surface area (Å²) in [6.45, 7) is 2.01. The largest absolute Gasteiger partial charge is 0.481 e. The first kappa shape index (κ1) is 12.4. The third-order valence-corrected chi connectivity index (χ3v) is 3.84. The molecule has 2 N–H and O–H groups in total. The average molecular weight is 257 g/mol. The SMILES string of the molecule is CC1CC(n2c(CO)nnc2SCC(=O)O)C1. The van der Waals surface area contributed by atoms with E-state index in [1.807, 2.05) is 4.57 Å². The van der Waals surface area contributed by atoms with Gasteiger partial charge in [-0.15, -0.1) is 10.2 Å². The molecule has 1 aromatic rings. The highest BCUT2D eigenvalue weighted by Crippen LogP contribution is 2.39. The second-order valence-electron chi connectivity index (χ2n) is 4.34. The van der Waals surface area contributed by atoms with E-state index >= 15 is 0 Å². The standard InChI is InChI=1S/C10H15N3O3S/c1-6-2-7(3-6)13-8(4-14)11-12-10(13)17-5-9(15)16/h6-7,14H,2-5H2,1H3,(H,15,16). The van der Waals surface area contributed by atoms with Crippen LogP contribution in [-0.2, 0) is 11.4 Å². The lowest BCUT2D eigenvalue weighted by Crippen LogP contribution is -2.26. The van der Waals surface area contributed by atoms with Gasteiger partial charge in [-0.3, -0.25) is 4.79 Å². The fourth-order valence-electron chi connectivity index (χ4n) is 2.08. The molecule has 1 aromatic heterocycles. The van der Waals surface area contributed by atoms with Crippen molar-refractivity contribution < 1.29 is 15.0 Å². The highest BCUT2D eigenvalue weighted by atomic mass is 32.2. The fourth-order valence-corrected chi connectivity index (χ4v) is 2.82. The van der Waals surface area contributed by atoms with Crippen LogP contribution in [0, 0.1) is 5.92 Å². The van der Waals surface area contributed by atoms with Crippen LogP contribution in [0.5, 0.6) is 0 Å². The lowest BCUT2D eigenvalue weighted by atomic mass is 9.82. The fraction of sp³-hybridized carbons (Fsp3) is 0.700. The van der Waals surface area contributed by atoms with E-state index in [-0.39, 0.29) is 12.4 Å². The van der Waals surface area contributed by atoms with Crippen molar-refractivity contribution in [1.29, 1.82) is 0 Å². The second kappa shape index (κ2) is 5.05. The van der Waals surface area contributed by atoms with Gasteiger partial charge in [0.2, 0.25) is 0 Å². The zero-order valence-electron chi connectivity index (χ0n) is 9.54. The Hall–Kier alpha value is -1.08. The summed E-state index contributed by atoms with van der Waals surface area (Å²) in [6.07, 6.45) is 2.07. The third kappa shape index (κ3) is 2.61. The van der Waals surface area contributed by atoms with Crippen LogP contribution in [0.15, 0.2) is 5.16 Å². The minimum atomic E-state index is -0.878. The molecule has 0 bridgehead atoms. The van der Waals surface area contributed by atoms with E-state index in [1.165, 1.54) is 0 Å². The predicted octanol–water partition coefficient (Wildman–Crippen LogP) is 0.918. The van der Waals surface area contributed by atoms with Crippen molar-refractivity contribution in [3.63, 3.8) is 0 Å². The molecule has 0 radical (unpaired) electrons. The molecule has 2 rings (SSSR count). The summed E-state index contributed by atoms with van der Waals surface area (Å²) >= 11 is 1.15. The van der Waals surface area contributed by atoms with Gasteiger partial charge >= 0.3 is 5.97 Å². The van der Waals surface area contributed by atoms with E-state index in [4.69, 9.17) is 5.11 Å². The van der Waals surface area contributed by atoms with Crippen LogP contribution in [0.1, 0.15) is 31.6 Å². The molecule has 0 amide bonds.